The number of carbonyl (C=O) groups is 2. The van der Waals surface area contributed by atoms with Gasteiger partial charge in [-0.3, -0.25) is 4.79 Å². The van der Waals surface area contributed by atoms with Gasteiger partial charge in [0.05, 0.1) is 21.3 Å². The number of carboxylic acid groups (broad SMARTS) is 1. The van der Waals surface area contributed by atoms with Gasteiger partial charge in [-0.2, -0.15) is 10.1 Å². The third kappa shape index (κ3) is 4.13. The Hall–Kier alpha value is -3.18. The van der Waals surface area contributed by atoms with Crippen LogP contribution in [0.3, 0.4) is 0 Å². The van der Waals surface area contributed by atoms with E-state index in [2.05, 4.69) is 5.10 Å². The van der Waals surface area contributed by atoms with Gasteiger partial charge in [0.2, 0.25) is 5.82 Å². The first kappa shape index (κ1) is 23.5. The summed E-state index contributed by atoms with van der Waals surface area (Å²) in [4.78, 5) is 23.3. The topological polar surface area (TPSA) is 79.2 Å². The largest absolute Gasteiger partial charge is 0.479 e. The number of nitrogens with zero attached hydrogens (tertiary/aromatic N) is 2. The molecule has 0 saturated carbocycles. The maximum Gasteiger partial charge on any atom is 0.341 e. The van der Waals surface area contributed by atoms with E-state index >= 15 is 0 Å². The molecule has 0 bridgehead atoms. The lowest BCUT2D eigenvalue weighted by molar-refractivity contribution is -0.139. The molecule has 168 valence electrons. The van der Waals surface area contributed by atoms with Gasteiger partial charge in [0.1, 0.15) is 5.69 Å². The molecule has 0 unspecified atom stereocenters. The SMILES string of the molecule is CC1=NN(c2c(F)c(F)c(F)c(F)c2F)C(=O)/C1=C/c1cc(Cl)c(OCC(=O)O)c(Cl)c1. The Bertz CT molecular complexity index is 1180. The van der Waals surface area contributed by atoms with Crippen molar-refractivity contribution in [3.63, 3.8) is 0 Å². The van der Waals surface area contributed by atoms with Gasteiger partial charge >= 0.3 is 5.97 Å². The molecule has 2 aromatic rings. The van der Waals surface area contributed by atoms with E-state index in [-0.39, 0.29) is 37.7 Å². The second-order valence-electron chi connectivity index (χ2n) is 6.27. The third-order valence-electron chi connectivity index (χ3n) is 4.13. The van der Waals surface area contributed by atoms with Crippen LogP contribution in [0.25, 0.3) is 6.08 Å². The van der Waals surface area contributed by atoms with Crippen LogP contribution in [-0.4, -0.2) is 29.3 Å². The molecule has 0 radical (unpaired) electrons. The second kappa shape index (κ2) is 8.75. The molecule has 0 aliphatic carbocycles. The van der Waals surface area contributed by atoms with Gasteiger partial charge in [0, 0.05) is 0 Å². The zero-order chi connectivity index (χ0) is 23.9. The highest BCUT2D eigenvalue weighted by Gasteiger charge is 2.37. The molecule has 1 aliphatic rings. The number of hydrazone groups is 1. The fourth-order valence-electron chi connectivity index (χ4n) is 2.72. The molecule has 1 amide bonds. The van der Waals surface area contributed by atoms with Crippen molar-refractivity contribution in [1.29, 1.82) is 0 Å². The molecule has 0 fully saturated rings. The Kier molecular flexibility index (Phi) is 6.42. The normalized spacial score (nSPS) is 14.9. The Labute approximate surface area is 186 Å². The Morgan fingerprint density at radius 3 is 2.06 bits per heavy atom. The lowest BCUT2D eigenvalue weighted by Crippen LogP contribution is -2.25. The van der Waals surface area contributed by atoms with Crippen LogP contribution in [0.15, 0.2) is 22.8 Å². The summed E-state index contributed by atoms with van der Waals surface area (Å²) in [7, 11) is 0. The van der Waals surface area contributed by atoms with Crippen LogP contribution < -0.4 is 9.75 Å². The fourth-order valence-corrected chi connectivity index (χ4v) is 3.33. The van der Waals surface area contributed by atoms with E-state index in [0.29, 0.717) is 0 Å². The molecule has 1 heterocycles. The van der Waals surface area contributed by atoms with Crippen LogP contribution in [0.5, 0.6) is 5.75 Å². The first-order valence-corrected chi connectivity index (χ1v) is 9.16. The number of ether oxygens (including phenoxy) is 1. The van der Waals surface area contributed by atoms with Crippen LogP contribution in [0, 0.1) is 29.1 Å². The molecule has 3 rings (SSSR count). The molecule has 0 saturated heterocycles. The van der Waals surface area contributed by atoms with Crippen molar-refractivity contribution in [3.8, 4) is 5.75 Å². The molecule has 32 heavy (non-hydrogen) atoms. The molecule has 0 atom stereocenters. The predicted octanol–water partition coefficient (Wildman–Crippen LogP) is 4.96. The van der Waals surface area contributed by atoms with E-state index in [9.17, 15) is 31.5 Å². The van der Waals surface area contributed by atoms with Gasteiger partial charge in [-0.25, -0.2) is 26.7 Å². The Morgan fingerprint density at radius 2 is 1.56 bits per heavy atom. The van der Waals surface area contributed by atoms with Gasteiger partial charge in [-0.1, -0.05) is 23.2 Å². The molecule has 1 N–H and O–H groups in total. The number of anilines is 1. The van der Waals surface area contributed by atoms with Gasteiger partial charge in [-0.15, -0.1) is 0 Å². The van der Waals surface area contributed by atoms with Crippen molar-refractivity contribution in [3.05, 3.63) is 62.4 Å². The average molecular weight is 495 g/mol. The van der Waals surface area contributed by atoms with Gasteiger partial charge < -0.3 is 9.84 Å². The second-order valence-corrected chi connectivity index (χ2v) is 7.09. The highest BCUT2D eigenvalue weighted by Crippen LogP contribution is 2.37. The summed E-state index contributed by atoms with van der Waals surface area (Å²) < 4.78 is 73.5. The molecule has 2 aromatic carbocycles. The lowest BCUT2D eigenvalue weighted by atomic mass is 10.1. The van der Waals surface area contributed by atoms with Gasteiger partial charge in [0.15, 0.2) is 35.6 Å². The minimum atomic E-state index is -2.37. The number of carboxylic acids is 1. The van der Waals surface area contributed by atoms with Crippen molar-refractivity contribution >= 4 is 52.6 Å². The smallest absolute Gasteiger partial charge is 0.341 e. The van der Waals surface area contributed by atoms with Crippen LogP contribution in [0.1, 0.15) is 12.5 Å². The standard InChI is InChI=1S/C19H9Cl2F5N2O4/c1-6-8(2-7-3-9(20)18(10(21)4-7)32-5-11(29)30)19(31)28(27-6)17-15(25)13(23)12(22)14(24)16(17)26/h2-4H,5H2,1H3,(H,29,30)/b8-2+. The minimum Gasteiger partial charge on any atom is -0.479 e. The van der Waals surface area contributed by atoms with Crippen molar-refractivity contribution in [2.24, 2.45) is 5.10 Å². The zero-order valence-corrected chi connectivity index (χ0v) is 17.2. The quantitative estimate of drug-likeness (QED) is 0.276. The van der Waals surface area contributed by atoms with Crippen molar-refractivity contribution < 1.29 is 41.4 Å². The first-order chi connectivity index (χ1) is 14.9. The number of amides is 1. The molecule has 0 aromatic heterocycles. The zero-order valence-electron chi connectivity index (χ0n) is 15.7. The summed E-state index contributed by atoms with van der Waals surface area (Å²) in [6.45, 7) is 0.546. The van der Waals surface area contributed by atoms with Crippen LogP contribution in [-0.2, 0) is 9.59 Å². The Balaban J connectivity index is 2.01. The predicted molar refractivity (Wildman–Crippen MR) is 104 cm³/mol. The summed E-state index contributed by atoms with van der Waals surface area (Å²) >= 11 is 12.0. The van der Waals surface area contributed by atoms with E-state index < -0.39 is 53.3 Å². The third-order valence-corrected chi connectivity index (χ3v) is 4.69. The number of rotatable bonds is 5. The van der Waals surface area contributed by atoms with Crippen molar-refractivity contribution in [1.82, 2.24) is 0 Å². The van der Waals surface area contributed by atoms with Crippen LogP contribution in [0.2, 0.25) is 10.0 Å². The highest BCUT2D eigenvalue weighted by atomic mass is 35.5. The van der Waals surface area contributed by atoms with E-state index in [1.807, 2.05) is 0 Å². The molecule has 13 heteroatoms. The molecular weight excluding hydrogens is 486 g/mol. The van der Waals surface area contributed by atoms with Crippen LogP contribution in [0.4, 0.5) is 27.6 Å². The molecular formula is C19H9Cl2F5N2O4. The first-order valence-electron chi connectivity index (χ1n) is 8.40. The number of hydrogen-bond donors (Lipinski definition) is 1. The molecule has 1 aliphatic heterocycles. The van der Waals surface area contributed by atoms with Crippen molar-refractivity contribution in [2.45, 2.75) is 6.92 Å². The summed E-state index contributed by atoms with van der Waals surface area (Å²) in [5.41, 5.74) is -1.69. The molecule has 0 spiro atoms. The number of aliphatic carboxylic acids is 1. The number of halogens is 7. The summed E-state index contributed by atoms with van der Waals surface area (Å²) in [6, 6.07) is 2.50. The highest BCUT2D eigenvalue weighted by molar-refractivity contribution is 6.37. The lowest BCUT2D eigenvalue weighted by Gasteiger charge is -2.15. The minimum absolute atomic E-state index is 0.0605. The Morgan fingerprint density at radius 1 is 1.06 bits per heavy atom. The molecule has 6 nitrogen and oxygen atoms in total. The number of carbonyl (C=O) groups excluding carboxylic acids is 1. The monoisotopic (exact) mass is 494 g/mol. The van der Waals surface area contributed by atoms with Crippen LogP contribution >= 0.6 is 23.2 Å². The van der Waals surface area contributed by atoms with E-state index in [0.717, 1.165) is 6.08 Å². The van der Waals surface area contributed by atoms with Crippen molar-refractivity contribution in [2.75, 3.05) is 11.6 Å². The van der Waals surface area contributed by atoms with E-state index in [4.69, 9.17) is 33.0 Å². The van der Waals surface area contributed by atoms with E-state index in [1.165, 1.54) is 19.1 Å². The number of hydrogen-bond acceptors (Lipinski definition) is 4. The fraction of sp³-hybridized carbons (Fsp3) is 0.105. The maximum absolute atomic E-state index is 14.1. The number of benzene rings is 2. The summed E-state index contributed by atoms with van der Waals surface area (Å²) in [6.07, 6.45) is 1.16. The average Bonchev–Trinajstić information content (AvgIpc) is 2.98. The summed E-state index contributed by atoms with van der Waals surface area (Å²) in [5.74, 6) is -13.9. The van der Waals surface area contributed by atoms with Gasteiger partial charge in [0.25, 0.3) is 5.91 Å². The maximum atomic E-state index is 14.1. The summed E-state index contributed by atoms with van der Waals surface area (Å²) in [5, 5.41) is 12.1. The van der Waals surface area contributed by atoms with E-state index in [1.54, 1.807) is 0 Å². The van der Waals surface area contributed by atoms with Gasteiger partial charge in [-0.05, 0) is 30.7 Å².